The Bertz CT molecular complexity index is 518. The maximum absolute atomic E-state index is 11.8. The Kier molecular flexibility index (Phi) is 3.06. The minimum Gasteiger partial charge on any atom is -0.335 e. The van der Waals surface area contributed by atoms with Crippen LogP contribution in [0.25, 0.3) is 0 Å². The number of aryl methyl sites for hydroxylation is 1. The minimum absolute atomic E-state index is 0.0917. The molecule has 0 atom stereocenters. The second-order valence-electron chi connectivity index (χ2n) is 4.17. The molecule has 0 radical (unpaired) electrons. The maximum atomic E-state index is 11.8. The number of amides is 2. The van der Waals surface area contributed by atoms with E-state index in [4.69, 9.17) is 0 Å². The first-order chi connectivity index (χ1) is 7.97. The van der Waals surface area contributed by atoms with Gasteiger partial charge in [-0.1, -0.05) is 17.7 Å². The monoisotopic (exact) mass is 254 g/mol. The van der Waals surface area contributed by atoms with Gasteiger partial charge in [0.05, 0.1) is 4.90 Å². The lowest BCUT2D eigenvalue weighted by molar-refractivity contribution is 0.245. The first-order valence-electron chi connectivity index (χ1n) is 5.37. The number of carbonyl (C=O) groups is 1. The summed E-state index contributed by atoms with van der Waals surface area (Å²) in [6.07, 6.45) is 1.83. The molecule has 2 N–H and O–H groups in total. The van der Waals surface area contributed by atoms with E-state index in [0.29, 0.717) is 0 Å². The molecule has 1 saturated carbocycles. The molecule has 0 spiro atoms. The highest BCUT2D eigenvalue weighted by molar-refractivity contribution is 7.90. The molecule has 0 heterocycles. The lowest BCUT2D eigenvalue weighted by Crippen LogP contribution is -2.40. The van der Waals surface area contributed by atoms with Crippen LogP contribution in [0.5, 0.6) is 0 Å². The number of hydrogen-bond acceptors (Lipinski definition) is 3. The third-order valence-corrected chi connectivity index (χ3v) is 3.82. The molecule has 1 aliphatic carbocycles. The van der Waals surface area contributed by atoms with Gasteiger partial charge in [-0.15, -0.1) is 0 Å². The number of sulfonamides is 1. The molecule has 1 aliphatic rings. The van der Waals surface area contributed by atoms with Crippen molar-refractivity contribution < 1.29 is 13.2 Å². The van der Waals surface area contributed by atoms with Crippen LogP contribution in [0.15, 0.2) is 29.2 Å². The van der Waals surface area contributed by atoms with Gasteiger partial charge in [-0.25, -0.2) is 17.9 Å². The molecule has 17 heavy (non-hydrogen) atoms. The van der Waals surface area contributed by atoms with Crippen molar-refractivity contribution in [2.24, 2.45) is 0 Å². The van der Waals surface area contributed by atoms with E-state index < -0.39 is 16.1 Å². The second kappa shape index (κ2) is 4.37. The van der Waals surface area contributed by atoms with E-state index in [1.54, 1.807) is 12.1 Å². The summed E-state index contributed by atoms with van der Waals surface area (Å²) in [5, 5.41) is 2.56. The van der Waals surface area contributed by atoms with Gasteiger partial charge in [0, 0.05) is 6.04 Å². The molecular weight excluding hydrogens is 240 g/mol. The number of benzene rings is 1. The summed E-state index contributed by atoms with van der Waals surface area (Å²) in [6, 6.07) is 5.79. The molecular formula is C11H14N2O3S. The molecule has 1 aromatic carbocycles. The summed E-state index contributed by atoms with van der Waals surface area (Å²) < 4.78 is 25.6. The quantitative estimate of drug-likeness (QED) is 0.849. The van der Waals surface area contributed by atoms with E-state index in [-0.39, 0.29) is 10.9 Å². The van der Waals surface area contributed by atoms with Crippen molar-refractivity contribution in [1.82, 2.24) is 10.0 Å². The summed E-state index contributed by atoms with van der Waals surface area (Å²) in [6.45, 7) is 1.86. The molecule has 2 rings (SSSR count). The van der Waals surface area contributed by atoms with Crippen LogP contribution in [0.3, 0.4) is 0 Å². The second-order valence-corrected chi connectivity index (χ2v) is 5.85. The van der Waals surface area contributed by atoms with Crippen molar-refractivity contribution in [1.29, 1.82) is 0 Å². The number of carbonyl (C=O) groups excluding carboxylic acids is 1. The number of nitrogens with one attached hydrogen (secondary N) is 2. The van der Waals surface area contributed by atoms with Gasteiger partial charge in [0.1, 0.15) is 0 Å². The van der Waals surface area contributed by atoms with Crippen LogP contribution >= 0.6 is 0 Å². The van der Waals surface area contributed by atoms with Crippen LogP contribution in [0.2, 0.25) is 0 Å². The van der Waals surface area contributed by atoms with Gasteiger partial charge in [0.15, 0.2) is 0 Å². The lowest BCUT2D eigenvalue weighted by Gasteiger charge is -2.07. The molecule has 0 unspecified atom stereocenters. The predicted octanol–water partition coefficient (Wildman–Crippen LogP) is 1.15. The number of rotatable bonds is 3. The smallest absolute Gasteiger partial charge is 0.328 e. The zero-order chi connectivity index (χ0) is 12.5. The normalized spacial score (nSPS) is 15.4. The van der Waals surface area contributed by atoms with E-state index in [1.165, 1.54) is 12.1 Å². The predicted molar refractivity (Wildman–Crippen MR) is 63.1 cm³/mol. The van der Waals surface area contributed by atoms with E-state index >= 15 is 0 Å². The van der Waals surface area contributed by atoms with Gasteiger partial charge in [-0.05, 0) is 31.9 Å². The maximum Gasteiger partial charge on any atom is 0.328 e. The Morgan fingerprint density at radius 3 is 2.35 bits per heavy atom. The summed E-state index contributed by atoms with van der Waals surface area (Å²) in [5.74, 6) is 0. The fraction of sp³-hybridized carbons (Fsp3) is 0.364. The summed E-state index contributed by atoms with van der Waals surface area (Å²) >= 11 is 0. The summed E-state index contributed by atoms with van der Waals surface area (Å²) in [7, 11) is -3.76. The molecule has 0 bridgehead atoms. The first-order valence-corrected chi connectivity index (χ1v) is 6.86. The van der Waals surface area contributed by atoms with Gasteiger partial charge in [0.2, 0.25) is 0 Å². The third kappa shape index (κ3) is 3.20. The highest BCUT2D eigenvalue weighted by atomic mass is 32.2. The Hall–Kier alpha value is -1.56. The molecule has 2 amide bonds. The number of hydrogen-bond donors (Lipinski definition) is 2. The minimum atomic E-state index is -3.76. The zero-order valence-corrected chi connectivity index (χ0v) is 10.3. The molecule has 0 aliphatic heterocycles. The van der Waals surface area contributed by atoms with Crippen molar-refractivity contribution in [3.05, 3.63) is 29.8 Å². The molecule has 5 nitrogen and oxygen atoms in total. The SMILES string of the molecule is Cc1ccc(S(=O)(=O)NC(=O)NC2CC2)cc1. The standard InChI is InChI=1S/C11H14N2O3S/c1-8-2-6-10(7-3-8)17(15,16)13-11(14)12-9-4-5-9/h2-3,6-7,9H,4-5H2,1H3,(H2,12,13,14). The molecule has 1 fully saturated rings. The van der Waals surface area contributed by atoms with Gasteiger partial charge < -0.3 is 5.32 Å². The average Bonchev–Trinajstić information content (AvgIpc) is 3.01. The van der Waals surface area contributed by atoms with Crippen LogP contribution in [0.1, 0.15) is 18.4 Å². The van der Waals surface area contributed by atoms with Crippen molar-refractivity contribution in [2.45, 2.75) is 30.7 Å². The van der Waals surface area contributed by atoms with Crippen molar-refractivity contribution >= 4 is 16.1 Å². The molecule has 1 aromatic rings. The number of urea groups is 1. The fourth-order valence-electron chi connectivity index (χ4n) is 1.34. The van der Waals surface area contributed by atoms with Crippen molar-refractivity contribution in [3.63, 3.8) is 0 Å². The van der Waals surface area contributed by atoms with E-state index in [9.17, 15) is 13.2 Å². The molecule has 0 saturated heterocycles. The molecule has 6 heteroatoms. The Morgan fingerprint density at radius 2 is 1.82 bits per heavy atom. The first kappa shape index (κ1) is 11.9. The van der Waals surface area contributed by atoms with Crippen molar-refractivity contribution in [3.8, 4) is 0 Å². The largest absolute Gasteiger partial charge is 0.335 e. The van der Waals surface area contributed by atoms with Crippen LogP contribution < -0.4 is 10.0 Å². The van der Waals surface area contributed by atoms with Crippen LogP contribution in [0.4, 0.5) is 4.79 Å². The summed E-state index contributed by atoms with van der Waals surface area (Å²) in [5.41, 5.74) is 0.964. The van der Waals surface area contributed by atoms with Crippen LogP contribution in [0, 0.1) is 6.92 Å². The van der Waals surface area contributed by atoms with Gasteiger partial charge >= 0.3 is 6.03 Å². The zero-order valence-electron chi connectivity index (χ0n) is 9.43. The van der Waals surface area contributed by atoms with E-state index in [2.05, 4.69) is 5.32 Å². The van der Waals surface area contributed by atoms with Gasteiger partial charge in [-0.2, -0.15) is 0 Å². The lowest BCUT2D eigenvalue weighted by atomic mass is 10.2. The Balaban J connectivity index is 2.07. The van der Waals surface area contributed by atoms with E-state index in [0.717, 1.165) is 18.4 Å². The van der Waals surface area contributed by atoms with Crippen molar-refractivity contribution in [2.75, 3.05) is 0 Å². The van der Waals surface area contributed by atoms with Gasteiger partial charge in [0.25, 0.3) is 10.0 Å². The highest BCUT2D eigenvalue weighted by Gasteiger charge is 2.25. The molecule has 92 valence electrons. The highest BCUT2D eigenvalue weighted by Crippen LogP contribution is 2.18. The Labute approximate surface area is 100 Å². The fourth-order valence-corrected chi connectivity index (χ4v) is 2.26. The Morgan fingerprint density at radius 1 is 1.24 bits per heavy atom. The summed E-state index contributed by atoms with van der Waals surface area (Å²) in [4.78, 5) is 11.4. The average molecular weight is 254 g/mol. The van der Waals surface area contributed by atoms with Gasteiger partial charge in [-0.3, -0.25) is 0 Å². The molecule has 0 aromatic heterocycles. The van der Waals surface area contributed by atoms with E-state index in [1.807, 2.05) is 11.6 Å². The van der Waals surface area contributed by atoms with Crippen LogP contribution in [-0.4, -0.2) is 20.5 Å². The topological polar surface area (TPSA) is 75.3 Å². The third-order valence-electron chi connectivity index (χ3n) is 2.47. The van der Waals surface area contributed by atoms with Crippen LogP contribution in [-0.2, 0) is 10.0 Å².